The van der Waals surface area contributed by atoms with Gasteiger partial charge in [-0.05, 0) is 30.2 Å². The summed E-state index contributed by atoms with van der Waals surface area (Å²) in [5, 5.41) is 3.36. The Bertz CT molecular complexity index is 976. The van der Waals surface area contributed by atoms with Crippen LogP contribution in [0.1, 0.15) is 22.1 Å². The lowest BCUT2D eigenvalue weighted by Crippen LogP contribution is -2.48. The van der Waals surface area contributed by atoms with Crippen molar-refractivity contribution < 1.29 is 13.2 Å². The summed E-state index contributed by atoms with van der Waals surface area (Å²) in [7, 11) is 1.44. The Hall–Kier alpha value is -1.21. The Morgan fingerprint density at radius 3 is 2.70 bits per heavy atom. The van der Waals surface area contributed by atoms with Crippen LogP contribution < -0.4 is 5.32 Å². The van der Waals surface area contributed by atoms with Crippen molar-refractivity contribution in [2.45, 2.75) is 23.8 Å². The predicted octanol–water partition coefficient (Wildman–Crippen LogP) is 3.07. The zero-order valence-corrected chi connectivity index (χ0v) is 21.6. The molecule has 2 heterocycles. The number of morpholine rings is 1. The van der Waals surface area contributed by atoms with Crippen LogP contribution in [0.2, 0.25) is 0 Å². The zero-order valence-electron chi connectivity index (χ0n) is 17.7. The third-order valence-electron chi connectivity index (χ3n) is 4.91. The Balaban J connectivity index is 0.00000320. The minimum absolute atomic E-state index is 0. The highest BCUT2D eigenvalue weighted by atomic mass is 127. The van der Waals surface area contributed by atoms with Gasteiger partial charge in [0.2, 0.25) is 0 Å². The second-order valence-electron chi connectivity index (χ2n) is 7.07. The van der Waals surface area contributed by atoms with Crippen molar-refractivity contribution in [3.63, 3.8) is 0 Å². The molecule has 7 nitrogen and oxygen atoms in total. The Labute approximate surface area is 200 Å². The number of hydrogen-bond acceptors (Lipinski definition) is 5. The van der Waals surface area contributed by atoms with Crippen LogP contribution in [-0.4, -0.2) is 64.4 Å². The van der Waals surface area contributed by atoms with Crippen LogP contribution in [0, 0.1) is 6.92 Å². The summed E-state index contributed by atoms with van der Waals surface area (Å²) in [4.78, 5) is 7.54. The van der Waals surface area contributed by atoms with Gasteiger partial charge in [-0.1, -0.05) is 24.3 Å². The first kappa shape index (κ1) is 25.1. The van der Waals surface area contributed by atoms with Crippen molar-refractivity contribution in [2.75, 3.05) is 40.8 Å². The number of ether oxygens (including phenoxy) is 1. The van der Waals surface area contributed by atoms with Crippen molar-refractivity contribution in [2.24, 2.45) is 4.99 Å². The van der Waals surface area contributed by atoms with E-state index < -0.39 is 10.0 Å². The van der Waals surface area contributed by atoms with Gasteiger partial charge in [-0.2, -0.15) is 0 Å². The van der Waals surface area contributed by atoms with E-state index in [4.69, 9.17) is 4.74 Å². The molecular weight excluding hydrogens is 535 g/mol. The molecule has 1 saturated heterocycles. The quantitative estimate of drug-likeness (QED) is 0.344. The summed E-state index contributed by atoms with van der Waals surface area (Å²) < 4.78 is 32.1. The van der Waals surface area contributed by atoms with Gasteiger partial charge >= 0.3 is 0 Å². The van der Waals surface area contributed by atoms with E-state index in [1.165, 1.54) is 40.9 Å². The maximum Gasteiger partial charge on any atom is 0.252 e. The van der Waals surface area contributed by atoms with Gasteiger partial charge < -0.3 is 15.0 Å². The smallest absolute Gasteiger partial charge is 0.252 e. The number of sulfonamides is 1. The molecule has 1 aromatic heterocycles. The molecule has 1 aromatic carbocycles. The minimum atomic E-state index is -3.40. The topological polar surface area (TPSA) is 74.2 Å². The lowest BCUT2D eigenvalue weighted by atomic mass is 10.0. The van der Waals surface area contributed by atoms with E-state index in [1.54, 1.807) is 13.1 Å². The number of benzene rings is 1. The largest absolute Gasteiger partial charge is 0.370 e. The number of nitrogens with one attached hydrogen (secondary N) is 1. The number of halogens is 1. The highest BCUT2D eigenvalue weighted by Crippen LogP contribution is 2.26. The number of nitrogens with zero attached hydrogens (tertiary/aromatic N) is 3. The summed E-state index contributed by atoms with van der Waals surface area (Å²) in [6, 6.07) is 11.8. The highest BCUT2D eigenvalue weighted by molar-refractivity contribution is 14.0. The van der Waals surface area contributed by atoms with Gasteiger partial charge in [0.1, 0.15) is 10.3 Å². The van der Waals surface area contributed by atoms with Crippen LogP contribution in [0.3, 0.4) is 0 Å². The maximum absolute atomic E-state index is 12.3. The van der Waals surface area contributed by atoms with E-state index in [0.29, 0.717) is 17.4 Å². The van der Waals surface area contributed by atoms with Gasteiger partial charge in [0.05, 0.1) is 19.7 Å². The lowest BCUT2D eigenvalue weighted by molar-refractivity contribution is -0.00833. The van der Waals surface area contributed by atoms with Gasteiger partial charge in [-0.3, -0.25) is 4.99 Å². The number of guanidine groups is 1. The van der Waals surface area contributed by atoms with Gasteiger partial charge in [0.25, 0.3) is 10.0 Å². The third kappa shape index (κ3) is 5.72. The molecule has 1 fully saturated rings. The van der Waals surface area contributed by atoms with E-state index in [1.807, 2.05) is 18.2 Å². The van der Waals surface area contributed by atoms with Crippen LogP contribution in [0.25, 0.3) is 0 Å². The first-order valence-corrected chi connectivity index (χ1v) is 11.7. The summed E-state index contributed by atoms with van der Waals surface area (Å²) in [5.74, 6) is 0.789. The molecule has 0 bridgehead atoms. The van der Waals surface area contributed by atoms with E-state index in [0.717, 1.165) is 23.9 Å². The lowest BCUT2D eigenvalue weighted by Gasteiger charge is -2.35. The first-order valence-electron chi connectivity index (χ1n) is 9.47. The average Bonchev–Trinajstić information content (AvgIpc) is 3.19. The minimum Gasteiger partial charge on any atom is -0.370 e. The van der Waals surface area contributed by atoms with Crippen molar-refractivity contribution >= 4 is 51.3 Å². The van der Waals surface area contributed by atoms with Gasteiger partial charge in [-0.25, -0.2) is 12.7 Å². The third-order valence-corrected chi connectivity index (χ3v) is 8.27. The molecule has 3 rings (SSSR count). The summed E-state index contributed by atoms with van der Waals surface area (Å²) in [5.41, 5.74) is 2.42. The zero-order chi connectivity index (χ0) is 21.0. The molecule has 1 atom stereocenters. The molecule has 0 saturated carbocycles. The van der Waals surface area contributed by atoms with E-state index in [2.05, 4.69) is 34.3 Å². The van der Waals surface area contributed by atoms with Gasteiger partial charge in [-0.15, -0.1) is 35.3 Å². The predicted molar refractivity (Wildman–Crippen MR) is 132 cm³/mol. The highest BCUT2D eigenvalue weighted by Gasteiger charge is 2.25. The molecule has 166 valence electrons. The molecule has 10 heteroatoms. The fourth-order valence-electron chi connectivity index (χ4n) is 3.25. The van der Waals surface area contributed by atoms with Crippen LogP contribution in [0.5, 0.6) is 0 Å². The van der Waals surface area contributed by atoms with Crippen molar-refractivity contribution in [1.82, 2.24) is 14.5 Å². The van der Waals surface area contributed by atoms with E-state index in [9.17, 15) is 8.42 Å². The van der Waals surface area contributed by atoms with E-state index in [-0.39, 0.29) is 30.1 Å². The molecule has 1 unspecified atom stereocenters. The Morgan fingerprint density at radius 2 is 2.03 bits per heavy atom. The van der Waals surface area contributed by atoms with Crippen LogP contribution in [0.15, 0.2) is 45.6 Å². The number of rotatable bonds is 5. The van der Waals surface area contributed by atoms with Gasteiger partial charge in [0.15, 0.2) is 5.96 Å². The maximum atomic E-state index is 12.3. The molecule has 1 aliphatic heterocycles. The SMILES string of the molecule is CN=C(NCc1ccc(S(=O)(=O)N(C)C)s1)N1CCOC(c2ccccc2C)C1.I. The first-order chi connectivity index (χ1) is 13.8. The Kier molecular flexibility index (Phi) is 9.10. The van der Waals surface area contributed by atoms with E-state index >= 15 is 0 Å². The number of aliphatic imine (C=N–C) groups is 1. The average molecular weight is 565 g/mol. The molecule has 1 N–H and O–H groups in total. The molecule has 0 amide bonds. The number of aryl methyl sites for hydroxylation is 1. The van der Waals surface area contributed by atoms with Crippen molar-refractivity contribution in [1.29, 1.82) is 0 Å². The molecule has 1 aliphatic rings. The van der Waals surface area contributed by atoms with Crippen LogP contribution in [-0.2, 0) is 21.3 Å². The standard InChI is InChI=1S/C20H28N4O3S2.HI/c1-15-7-5-6-8-17(15)18-14-24(11-12-27-18)20(21-2)22-13-16-9-10-19(28-16)29(25,26)23(3)4;/h5-10,18H,11-14H2,1-4H3,(H,21,22);1H. The van der Waals surface area contributed by atoms with Gasteiger partial charge in [0, 0.05) is 32.6 Å². The monoisotopic (exact) mass is 564 g/mol. The van der Waals surface area contributed by atoms with Crippen molar-refractivity contribution in [3.05, 3.63) is 52.4 Å². The fraction of sp³-hybridized carbons (Fsp3) is 0.450. The molecule has 30 heavy (non-hydrogen) atoms. The summed E-state index contributed by atoms with van der Waals surface area (Å²) in [6.07, 6.45) is 0.00192. The molecule has 2 aromatic rings. The normalized spacial score (nSPS) is 17.7. The molecule has 0 radical (unpaired) electrons. The number of thiophene rings is 1. The van der Waals surface area contributed by atoms with Crippen LogP contribution in [0.4, 0.5) is 0 Å². The number of hydrogen-bond donors (Lipinski definition) is 1. The second kappa shape index (κ2) is 10.9. The van der Waals surface area contributed by atoms with Crippen LogP contribution >= 0.6 is 35.3 Å². The fourth-order valence-corrected chi connectivity index (χ4v) is 5.71. The molecule has 0 spiro atoms. The Morgan fingerprint density at radius 1 is 1.30 bits per heavy atom. The second-order valence-corrected chi connectivity index (χ2v) is 10.6. The summed E-state index contributed by atoms with van der Waals surface area (Å²) >= 11 is 1.28. The molecule has 0 aliphatic carbocycles. The summed E-state index contributed by atoms with van der Waals surface area (Å²) in [6.45, 7) is 4.72. The molecular formula is C20H29IN4O3S2. The van der Waals surface area contributed by atoms with Crippen molar-refractivity contribution in [3.8, 4) is 0 Å².